The summed E-state index contributed by atoms with van der Waals surface area (Å²) in [5.41, 5.74) is 3.38. The van der Waals surface area contributed by atoms with Crippen molar-refractivity contribution in [3.8, 4) is 0 Å². The van der Waals surface area contributed by atoms with Crippen LogP contribution in [0.5, 0.6) is 0 Å². The van der Waals surface area contributed by atoms with Crippen LogP contribution in [0.2, 0.25) is 5.02 Å². The van der Waals surface area contributed by atoms with Gasteiger partial charge in [-0.3, -0.25) is 4.79 Å². The fourth-order valence-corrected chi connectivity index (χ4v) is 3.34. The van der Waals surface area contributed by atoms with Gasteiger partial charge in [0, 0.05) is 29.0 Å². The summed E-state index contributed by atoms with van der Waals surface area (Å²) in [7, 11) is 0. The van der Waals surface area contributed by atoms with Crippen LogP contribution in [-0.4, -0.2) is 22.4 Å². The summed E-state index contributed by atoms with van der Waals surface area (Å²) in [6.45, 7) is 0.864. The lowest BCUT2D eigenvalue weighted by Gasteiger charge is -2.30. The average Bonchev–Trinajstić information content (AvgIpc) is 2.67. The zero-order valence-electron chi connectivity index (χ0n) is 14.0. The Kier molecular flexibility index (Phi) is 4.54. The molecule has 0 aliphatic carbocycles. The Hall–Kier alpha value is -2.92. The molecule has 2 heterocycles. The Morgan fingerprint density at radius 3 is 2.85 bits per heavy atom. The van der Waals surface area contributed by atoms with E-state index in [1.807, 2.05) is 12.1 Å². The van der Waals surface area contributed by atoms with Gasteiger partial charge in [-0.05, 0) is 42.7 Å². The highest BCUT2D eigenvalue weighted by atomic mass is 35.5. The first kappa shape index (κ1) is 16.5. The first-order valence-electron chi connectivity index (χ1n) is 8.45. The van der Waals surface area contributed by atoms with E-state index in [9.17, 15) is 4.79 Å². The molecule has 5 nitrogen and oxygen atoms in total. The van der Waals surface area contributed by atoms with Gasteiger partial charge in [-0.25, -0.2) is 9.97 Å². The molecule has 2 aromatic carbocycles. The minimum Gasteiger partial charge on any atom is -0.326 e. The number of aromatic nitrogens is 2. The van der Waals surface area contributed by atoms with Gasteiger partial charge < -0.3 is 10.2 Å². The van der Waals surface area contributed by atoms with Crippen LogP contribution in [0.15, 0.2) is 60.9 Å². The van der Waals surface area contributed by atoms with Crippen LogP contribution in [0.25, 0.3) is 0 Å². The van der Waals surface area contributed by atoms with E-state index < -0.39 is 0 Å². The third-order valence-electron chi connectivity index (χ3n) is 4.35. The van der Waals surface area contributed by atoms with Crippen LogP contribution in [0.4, 0.5) is 17.2 Å². The molecular formula is C20H17ClN4O. The zero-order valence-corrected chi connectivity index (χ0v) is 14.8. The van der Waals surface area contributed by atoms with Crippen molar-refractivity contribution in [3.63, 3.8) is 0 Å². The molecule has 0 saturated carbocycles. The van der Waals surface area contributed by atoms with Gasteiger partial charge >= 0.3 is 0 Å². The number of hydrogen-bond donors (Lipinski definition) is 1. The predicted molar refractivity (Wildman–Crippen MR) is 103 cm³/mol. The molecule has 1 amide bonds. The highest BCUT2D eigenvalue weighted by Crippen LogP contribution is 2.32. The van der Waals surface area contributed by atoms with Crippen molar-refractivity contribution in [2.45, 2.75) is 12.8 Å². The lowest BCUT2D eigenvalue weighted by atomic mass is 10.0. The van der Waals surface area contributed by atoms with Crippen LogP contribution in [0, 0.1) is 0 Å². The van der Waals surface area contributed by atoms with Crippen LogP contribution < -0.4 is 10.2 Å². The maximum atomic E-state index is 12.5. The Balaban J connectivity index is 1.60. The number of aryl methyl sites for hydroxylation is 1. The number of para-hydroxylation sites is 1. The molecule has 1 aromatic heterocycles. The zero-order chi connectivity index (χ0) is 17.9. The molecule has 0 unspecified atom stereocenters. The predicted octanol–water partition coefficient (Wildman–Crippen LogP) is 4.47. The van der Waals surface area contributed by atoms with E-state index >= 15 is 0 Å². The van der Waals surface area contributed by atoms with Gasteiger partial charge in [0.1, 0.15) is 17.8 Å². The molecule has 1 aliphatic heterocycles. The summed E-state index contributed by atoms with van der Waals surface area (Å²) in [6, 6.07) is 17.0. The van der Waals surface area contributed by atoms with Crippen molar-refractivity contribution in [2.75, 3.05) is 16.8 Å². The minimum absolute atomic E-state index is 0.291. The largest absolute Gasteiger partial charge is 0.326 e. The van der Waals surface area contributed by atoms with Gasteiger partial charge in [0.15, 0.2) is 0 Å². The number of halogens is 1. The molecule has 3 aromatic rings. The number of hydrogen-bond acceptors (Lipinski definition) is 4. The Morgan fingerprint density at radius 1 is 1.08 bits per heavy atom. The minimum atomic E-state index is -0.291. The van der Waals surface area contributed by atoms with Gasteiger partial charge in [-0.2, -0.15) is 0 Å². The highest BCUT2D eigenvalue weighted by Gasteiger charge is 2.20. The second-order valence-corrected chi connectivity index (χ2v) is 6.55. The summed E-state index contributed by atoms with van der Waals surface area (Å²) < 4.78 is 0. The quantitative estimate of drug-likeness (QED) is 0.745. The topological polar surface area (TPSA) is 58.1 Å². The third-order valence-corrected chi connectivity index (χ3v) is 4.59. The number of anilines is 3. The van der Waals surface area contributed by atoms with E-state index in [2.05, 4.69) is 32.3 Å². The SMILES string of the molecule is O=C(Nc1cccc(Cl)c1)c1cc(N2CCCc3ccccc32)ncn1. The van der Waals surface area contributed by atoms with Gasteiger partial charge in [-0.1, -0.05) is 35.9 Å². The molecule has 0 saturated heterocycles. The monoisotopic (exact) mass is 364 g/mol. The molecule has 0 atom stereocenters. The summed E-state index contributed by atoms with van der Waals surface area (Å²) in [5.74, 6) is 0.435. The number of fused-ring (bicyclic) bond motifs is 1. The number of amides is 1. The van der Waals surface area contributed by atoms with Crippen molar-refractivity contribution in [1.29, 1.82) is 0 Å². The molecule has 6 heteroatoms. The smallest absolute Gasteiger partial charge is 0.274 e. The maximum absolute atomic E-state index is 12.5. The average molecular weight is 365 g/mol. The number of carbonyl (C=O) groups excluding carboxylic acids is 1. The van der Waals surface area contributed by atoms with Crippen molar-refractivity contribution in [1.82, 2.24) is 9.97 Å². The van der Waals surface area contributed by atoms with Crippen LogP contribution in [0.1, 0.15) is 22.5 Å². The Labute approximate surface area is 156 Å². The van der Waals surface area contributed by atoms with E-state index in [-0.39, 0.29) is 5.91 Å². The lowest BCUT2D eigenvalue weighted by molar-refractivity contribution is 0.102. The van der Waals surface area contributed by atoms with Crippen molar-refractivity contribution >= 4 is 34.7 Å². The first-order valence-corrected chi connectivity index (χ1v) is 8.83. The van der Waals surface area contributed by atoms with Crippen LogP contribution in [-0.2, 0) is 6.42 Å². The van der Waals surface area contributed by atoms with E-state index in [0.717, 1.165) is 30.9 Å². The van der Waals surface area contributed by atoms with Crippen molar-refractivity contribution in [2.24, 2.45) is 0 Å². The molecule has 1 aliphatic rings. The molecule has 0 spiro atoms. The summed E-state index contributed by atoms with van der Waals surface area (Å²) >= 11 is 5.97. The van der Waals surface area contributed by atoms with Gasteiger partial charge in [-0.15, -0.1) is 0 Å². The highest BCUT2D eigenvalue weighted by molar-refractivity contribution is 6.30. The lowest BCUT2D eigenvalue weighted by Crippen LogP contribution is -2.26. The molecule has 4 rings (SSSR count). The van der Waals surface area contributed by atoms with Gasteiger partial charge in [0.25, 0.3) is 5.91 Å². The third kappa shape index (κ3) is 3.39. The number of nitrogens with one attached hydrogen (secondary N) is 1. The fourth-order valence-electron chi connectivity index (χ4n) is 3.15. The molecule has 130 valence electrons. The maximum Gasteiger partial charge on any atom is 0.274 e. The number of nitrogens with zero attached hydrogens (tertiary/aromatic N) is 3. The normalized spacial score (nSPS) is 13.2. The van der Waals surface area contributed by atoms with Crippen molar-refractivity contribution < 1.29 is 4.79 Å². The molecule has 0 bridgehead atoms. The molecule has 1 N–H and O–H groups in total. The Morgan fingerprint density at radius 2 is 1.96 bits per heavy atom. The summed E-state index contributed by atoms with van der Waals surface area (Å²) in [5, 5.41) is 3.38. The standard InChI is InChI=1S/C20H17ClN4O/c21-15-7-3-8-16(11-15)24-20(26)17-12-19(23-13-22-17)25-10-4-6-14-5-1-2-9-18(14)25/h1-3,5,7-9,11-13H,4,6,10H2,(H,24,26). The summed E-state index contributed by atoms with van der Waals surface area (Å²) in [6.07, 6.45) is 3.53. The van der Waals surface area contributed by atoms with Crippen LogP contribution >= 0.6 is 11.6 Å². The Bertz CT molecular complexity index is 960. The first-order chi connectivity index (χ1) is 12.7. The molecule has 26 heavy (non-hydrogen) atoms. The van der Waals surface area contributed by atoms with Gasteiger partial charge in [0.05, 0.1) is 0 Å². The van der Waals surface area contributed by atoms with E-state index in [4.69, 9.17) is 11.6 Å². The second-order valence-electron chi connectivity index (χ2n) is 6.11. The number of rotatable bonds is 3. The molecular weight excluding hydrogens is 348 g/mol. The molecule has 0 radical (unpaired) electrons. The fraction of sp³-hybridized carbons (Fsp3) is 0.150. The van der Waals surface area contributed by atoms with E-state index in [0.29, 0.717) is 16.4 Å². The second kappa shape index (κ2) is 7.14. The van der Waals surface area contributed by atoms with Crippen LogP contribution in [0.3, 0.4) is 0 Å². The number of benzene rings is 2. The summed E-state index contributed by atoms with van der Waals surface area (Å²) in [4.78, 5) is 23.2. The van der Waals surface area contributed by atoms with Gasteiger partial charge in [0.2, 0.25) is 0 Å². The van der Waals surface area contributed by atoms with E-state index in [1.54, 1.807) is 30.3 Å². The number of carbonyl (C=O) groups is 1. The van der Waals surface area contributed by atoms with Crippen molar-refractivity contribution in [3.05, 3.63) is 77.2 Å². The molecule has 0 fully saturated rings. The van der Waals surface area contributed by atoms with E-state index in [1.165, 1.54) is 11.9 Å².